The maximum atomic E-state index is 14.0. The second-order valence-corrected chi connectivity index (χ2v) is 6.36. The fraction of sp³-hybridized carbons (Fsp3) is 0.400. The van der Waals surface area contributed by atoms with Crippen molar-refractivity contribution in [1.82, 2.24) is 0 Å². The summed E-state index contributed by atoms with van der Waals surface area (Å²) >= 11 is 0. The van der Waals surface area contributed by atoms with E-state index in [0.717, 1.165) is 44.0 Å². The Hall–Kier alpha value is -2.47. The van der Waals surface area contributed by atoms with Crippen molar-refractivity contribution in [3.63, 3.8) is 0 Å². The van der Waals surface area contributed by atoms with Crippen molar-refractivity contribution in [2.24, 2.45) is 0 Å². The Labute approximate surface area is 153 Å². The van der Waals surface area contributed by atoms with Crippen LogP contribution in [0.25, 0.3) is 0 Å². The molecule has 0 bridgehead atoms. The molecule has 0 aliphatic carbocycles. The van der Waals surface area contributed by atoms with Gasteiger partial charge in [-0.05, 0) is 24.3 Å². The number of halogens is 1. The van der Waals surface area contributed by atoms with Crippen LogP contribution in [0, 0.1) is 5.82 Å². The summed E-state index contributed by atoms with van der Waals surface area (Å²) in [7, 11) is 4.88. The van der Waals surface area contributed by atoms with Crippen molar-refractivity contribution in [3.05, 3.63) is 47.8 Å². The maximum Gasteiger partial charge on any atom is 0.203 e. The molecule has 0 aromatic heterocycles. The molecule has 1 aliphatic heterocycles. The number of anilines is 1. The van der Waals surface area contributed by atoms with Crippen LogP contribution in [0.2, 0.25) is 0 Å². The second-order valence-electron chi connectivity index (χ2n) is 6.36. The van der Waals surface area contributed by atoms with E-state index in [-0.39, 0.29) is 5.82 Å². The molecule has 2 aromatic rings. The summed E-state index contributed by atoms with van der Waals surface area (Å²) in [5.74, 6) is 1.85. The highest BCUT2D eigenvalue weighted by atomic mass is 19.1. The Kier molecular flexibility index (Phi) is 5.83. The third-order valence-corrected chi connectivity index (χ3v) is 4.89. The van der Waals surface area contributed by atoms with Crippen LogP contribution in [0.5, 0.6) is 17.2 Å². The van der Waals surface area contributed by atoms with Crippen LogP contribution in [-0.4, -0.2) is 47.5 Å². The van der Waals surface area contributed by atoms with Gasteiger partial charge < -0.3 is 24.0 Å². The highest BCUT2D eigenvalue weighted by molar-refractivity contribution is 5.55. The average Bonchev–Trinajstić information content (AvgIpc) is 2.68. The molecule has 0 radical (unpaired) electrons. The number of ether oxygens (including phenoxy) is 3. The van der Waals surface area contributed by atoms with E-state index in [2.05, 4.69) is 4.90 Å². The molecule has 140 valence electrons. The summed E-state index contributed by atoms with van der Waals surface area (Å²) in [4.78, 5) is 3.55. The van der Waals surface area contributed by atoms with E-state index in [9.17, 15) is 4.39 Å². The first-order valence-electron chi connectivity index (χ1n) is 8.78. The van der Waals surface area contributed by atoms with Gasteiger partial charge in [0.15, 0.2) is 11.5 Å². The van der Waals surface area contributed by atoms with Crippen molar-refractivity contribution in [3.8, 4) is 17.2 Å². The predicted octanol–water partition coefficient (Wildman–Crippen LogP) is 1.76. The Balaban J connectivity index is 1.69. The van der Waals surface area contributed by atoms with Crippen LogP contribution >= 0.6 is 0 Å². The summed E-state index contributed by atoms with van der Waals surface area (Å²) < 4.78 is 30.4. The molecule has 1 aliphatic rings. The molecule has 6 heteroatoms. The smallest absolute Gasteiger partial charge is 0.203 e. The number of nitrogens with zero attached hydrogens (tertiary/aromatic N) is 1. The molecule has 3 rings (SSSR count). The zero-order valence-corrected chi connectivity index (χ0v) is 15.5. The molecular formula is C20H26FN2O3+. The number of rotatable bonds is 6. The van der Waals surface area contributed by atoms with E-state index < -0.39 is 0 Å². The van der Waals surface area contributed by atoms with Crippen LogP contribution in [0.3, 0.4) is 0 Å². The van der Waals surface area contributed by atoms with Crippen LogP contribution in [0.1, 0.15) is 5.56 Å². The molecular weight excluding hydrogens is 335 g/mol. The molecule has 0 spiro atoms. The fourth-order valence-electron chi connectivity index (χ4n) is 3.52. The van der Waals surface area contributed by atoms with Gasteiger partial charge in [0.25, 0.3) is 0 Å². The Morgan fingerprint density at radius 2 is 1.62 bits per heavy atom. The van der Waals surface area contributed by atoms with Crippen molar-refractivity contribution < 1.29 is 23.5 Å². The van der Waals surface area contributed by atoms with Gasteiger partial charge in [-0.2, -0.15) is 0 Å². The van der Waals surface area contributed by atoms with Gasteiger partial charge in [0.2, 0.25) is 5.75 Å². The Bertz CT molecular complexity index is 746. The first kappa shape index (κ1) is 18.3. The largest absolute Gasteiger partial charge is 0.493 e. The van der Waals surface area contributed by atoms with Gasteiger partial charge in [-0.25, -0.2) is 4.39 Å². The normalized spacial score (nSPS) is 15.0. The highest BCUT2D eigenvalue weighted by Gasteiger charge is 2.24. The summed E-state index contributed by atoms with van der Waals surface area (Å²) in [6, 6.07) is 10.9. The number of piperazine rings is 1. The van der Waals surface area contributed by atoms with Crippen molar-refractivity contribution in [1.29, 1.82) is 0 Å². The number of quaternary nitrogens is 1. The molecule has 1 saturated heterocycles. The summed E-state index contributed by atoms with van der Waals surface area (Å²) in [5, 5.41) is 0. The van der Waals surface area contributed by atoms with Crippen molar-refractivity contribution in [2.45, 2.75) is 6.54 Å². The predicted molar refractivity (Wildman–Crippen MR) is 99.1 cm³/mol. The molecule has 0 amide bonds. The Morgan fingerprint density at radius 1 is 0.923 bits per heavy atom. The van der Waals surface area contributed by atoms with Gasteiger partial charge in [-0.3, -0.25) is 0 Å². The highest BCUT2D eigenvalue weighted by Crippen LogP contribution is 2.39. The van der Waals surface area contributed by atoms with Gasteiger partial charge >= 0.3 is 0 Å². The zero-order valence-electron chi connectivity index (χ0n) is 15.5. The minimum atomic E-state index is -0.155. The summed E-state index contributed by atoms with van der Waals surface area (Å²) in [6.07, 6.45) is 0. The monoisotopic (exact) mass is 361 g/mol. The van der Waals surface area contributed by atoms with Crippen molar-refractivity contribution in [2.75, 3.05) is 52.4 Å². The molecule has 26 heavy (non-hydrogen) atoms. The molecule has 5 nitrogen and oxygen atoms in total. The summed E-state index contributed by atoms with van der Waals surface area (Å²) in [6.45, 7) is 4.35. The molecule has 0 unspecified atom stereocenters. The number of methoxy groups -OCH3 is 3. The van der Waals surface area contributed by atoms with Crippen LogP contribution in [0.4, 0.5) is 10.1 Å². The second kappa shape index (κ2) is 8.27. The standard InChI is InChI=1S/C20H25FN2O3/c1-24-18-9-8-15(19(25-2)20(18)26-3)14-22-10-12-23(13-11-22)17-7-5-4-6-16(17)21/h4-9H,10-14H2,1-3H3/p+1. The number of benzene rings is 2. The first-order chi connectivity index (χ1) is 12.7. The van der Waals surface area contributed by atoms with Gasteiger partial charge in [-0.15, -0.1) is 0 Å². The third-order valence-electron chi connectivity index (χ3n) is 4.89. The quantitative estimate of drug-likeness (QED) is 0.851. The molecule has 0 saturated carbocycles. The van der Waals surface area contributed by atoms with E-state index >= 15 is 0 Å². The number of hydrogen-bond donors (Lipinski definition) is 1. The van der Waals surface area contributed by atoms with E-state index in [4.69, 9.17) is 14.2 Å². The van der Waals surface area contributed by atoms with Gasteiger partial charge in [0.1, 0.15) is 12.4 Å². The van der Waals surface area contributed by atoms with E-state index in [0.29, 0.717) is 17.2 Å². The molecule has 1 fully saturated rings. The lowest BCUT2D eigenvalue weighted by Gasteiger charge is -2.34. The van der Waals surface area contributed by atoms with Crippen LogP contribution < -0.4 is 24.0 Å². The molecule has 1 N–H and O–H groups in total. The van der Waals surface area contributed by atoms with Gasteiger partial charge in [0.05, 0.1) is 58.8 Å². The Morgan fingerprint density at radius 3 is 2.23 bits per heavy atom. The van der Waals surface area contributed by atoms with E-state index in [1.54, 1.807) is 27.4 Å². The molecule has 2 aromatic carbocycles. The average molecular weight is 361 g/mol. The first-order valence-corrected chi connectivity index (χ1v) is 8.78. The van der Waals surface area contributed by atoms with E-state index in [1.807, 2.05) is 24.3 Å². The number of nitrogens with one attached hydrogen (secondary N) is 1. The lowest BCUT2D eigenvalue weighted by molar-refractivity contribution is -0.914. The van der Waals surface area contributed by atoms with Crippen LogP contribution in [-0.2, 0) is 6.54 Å². The summed E-state index contributed by atoms with van der Waals surface area (Å²) in [5.41, 5.74) is 1.77. The zero-order chi connectivity index (χ0) is 18.5. The lowest BCUT2D eigenvalue weighted by Crippen LogP contribution is -3.13. The van der Waals surface area contributed by atoms with Gasteiger partial charge in [0, 0.05) is 0 Å². The van der Waals surface area contributed by atoms with Crippen LogP contribution in [0.15, 0.2) is 36.4 Å². The van der Waals surface area contributed by atoms with Crippen molar-refractivity contribution >= 4 is 5.69 Å². The van der Waals surface area contributed by atoms with Gasteiger partial charge in [-0.1, -0.05) is 12.1 Å². The molecule has 1 heterocycles. The lowest BCUT2D eigenvalue weighted by atomic mass is 10.1. The minimum absolute atomic E-state index is 0.155. The third kappa shape index (κ3) is 3.70. The number of para-hydroxylation sites is 1. The maximum absolute atomic E-state index is 14.0. The number of hydrogen-bond acceptors (Lipinski definition) is 4. The minimum Gasteiger partial charge on any atom is -0.493 e. The SMILES string of the molecule is COc1ccc(C[NH+]2CCN(c3ccccc3F)CC2)c(OC)c1OC. The fourth-order valence-corrected chi connectivity index (χ4v) is 3.52. The molecule has 0 atom stereocenters. The topological polar surface area (TPSA) is 35.4 Å². The van der Waals surface area contributed by atoms with E-state index in [1.165, 1.54) is 11.0 Å².